The molecule has 112 valence electrons. The predicted octanol–water partition coefficient (Wildman–Crippen LogP) is 8.10. The van der Waals surface area contributed by atoms with Crippen LogP contribution in [0.3, 0.4) is 0 Å². The van der Waals surface area contributed by atoms with Crippen LogP contribution >= 0.6 is 81.4 Å². The Bertz CT molecular complexity index is 586. The van der Waals surface area contributed by atoms with Gasteiger partial charge in [-0.05, 0) is 36.4 Å². The van der Waals surface area contributed by atoms with E-state index in [2.05, 4.69) is 0 Å². The second kappa shape index (κ2) is 7.88. The molecule has 0 atom stereocenters. The van der Waals surface area contributed by atoms with Crippen LogP contribution in [0.1, 0.15) is 20.8 Å². The Morgan fingerprint density at radius 2 is 1.05 bits per heavy atom. The molecule has 21 heavy (non-hydrogen) atoms. The first-order valence-corrected chi connectivity index (χ1v) is 9.03. The Kier molecular flexibility index (Phi) is 6.71. The largest absolute Gasteiger partial charge is 0.133 e. The van der Waals surface area contributed by atoms with Gasteiger partial charge in [-0.2, -0.15) is 0 Å². The van der Waals surface area contributed by atoms with Crippen LogP contribution < -0.4 is 0 Å². The summed E-state index contributed by atoms with van der Waals surface area (Å²) in [6, 6.07) is 10.7. The molecule has 0 aliphatic carbocycles. The van der Waals surface area contributed by atoms with E-state index in [1.54, 1.807) is 24.3 Å². The molecule has 7 heteroatoms. The van der Waals surface area contributed by atoms with Crippen molar-refractivity contribution in [3.8, 4) is 0 Å². The van der Waals surface area contributed by atoms with Crippen LogP contribution in [0.2, 0.25) is 10.0 Å². The highest BCUT2D eigenvalue weighted by atomic mass is 35.5. The second-order valence-corrected chi connectivity index (χ2v) is 8.22. The third-order valence-corrected chi connectivity index (χ3v) is 5.23. The molecule has 0 N–H and O–H groups in total. The maximum atomic E-state index is 5.99. The molecule has 2 rings (SSSR count). The van der Waals surface area contributed by atoms with Crippen molar-refractivity contribution < 1.29 is 0 Å². The van der Waals surface area contributed by atoms with E-state index < -0.39 is 9.67 Å². The molecule has 0 aromatic heterocycles. The van der Waals surface area contributed by atoms with Crippen LogP contribution in [0, 0.1) is 0 Å². The van der Waals surface area contributed by atoms with E-state index in [9.17, 15) is 0 Å². The van der Waals surface area contributed by atoms with Gasteiger partial charge in [0.2, 0.25) is 0 Å². The average molecular weight is 421 g/mol. The maximum absolute atomic E-state index is 5.99. The standard InChI is InChI=1S/C14H8Cl6S/c15-7-1-3-11(9(5-7)13(17)18)21-12-4-2-8(16)6-10(12)14(19)20/h1-6,13-14H. The fourth-order valence-corrected chi connectivity index (χ4v) is 4.12. The number of halogens is 6. The summed E-state index contributed by atoms with van der Waals surface area (Å²) in [6.07, 6.45) is 0. The van der Waals surface area contributed by atoms with Crippen LogP contribution in [-0.2, 0) is 0 Å². The Labute approximate surface area is 157 Å². The van der Waals surface area contributed by atoms with Gasteiger partial charge in [0.05, 0.1) is 0 Å². The number of hydrogen-bond donors (Lipinski definition) is 0. The first-order valence-electron chi connectivity index (χ1n) is 5.71. The molecule has 2 aromatic carbocycles. The zero-order valence-electron chi connectivity index (χ0n) is 10.3. The van der Waals surface area contributed by atoms with Crippen molar-refractivity contribution in [2.24, 2.45) is 0 Å². The fourth-order valence-electron chi connectivity index (χ4n) is 1.68. The van der Waals surface area contributed by atoms with Crippen molar-refractivity contribution >= 4 is 81.4 Å². The zero-order chi connectivity index (χ0) is 15.6. The molecular weight excluding hydrogens is 413 g/mol. The highest BCUT2D eigenvalue weighted by Crippen LogP contribution is 2.42. The number of alkyl halides is 4. The third-order valence-electron chi connectivity index (χ3n) is 2.63. The minimum Gasteiger partial charge on any atom is -0.100 e. The minimum absolute atomic E-state index is 0.574. The lowest BCUT2D eigenvalue weighted by atomic mass is 10.2. The summed E-state index contributed by atoms with van der Waals surface area (Å²) in [5.41, 5.74) is 1.47. The van der Waals surface area contributed by atoms with Gasteiger partial charge in [-0.25, -0.2) is 0 Å². The summed E-state index contributed by atoms with van der Waals surface area (Å²) in [7, 11) is 0. The molecule has 0 nitrogen and oxygen atoms in total. The van der Waals surface area contributed by atoms with Gasteiger partial charge < -0.3 is 0 Å². The van der Waals surface area contributed by atoms with E-state index in [1.165, 1.54) is 11.8 Å². The maximum Gasteiger partial charge on any atom is 0.133 e. The van der Waals surface area contributed by atoms with Gasteiger partial charge >= 0.3 is 0 Å². The summed E-state index contributed by atoms with van der Waals surface area (Å²) < 4.78 is 0. The molecule has 0 radical (unpaired) electrons. The number of benzene rings is 2. The van der Waals surface area contributed by atoms with E-state index in [0.29, 0.717) is 10.0 Å². The van der Waals surface area contributed by atoms with Crippen molar-refractivity contribution in [1.82, 2.24) is 0 Å². The summed E-state index contributed by atoms with van der Waals surface area (Å²) in [4.78, 5) is 0.411. The van der Waals surface area contributed by atoms with Crippen molar-refractivity contribution in [2.75, 3.05) is 0 Å². The molecule has 0 bridgehead atoms. The van der Waals surface area contributed by atoms with E-state index >= 15 is 0 Å². The van der Waals surface area contributed by atoms with E-state index in [1.807, 2.05) is 12.1 Å². The highest BCUT2D eigenvalue weighted by molar-refractivity contribution is 7.99. The van der Waals surface area contributed by atoms with Gasteiger partial charge in [-0.3, -0.25) is 0 Å². The van der Waals surface area contributed by atoms with Crippen molar-refractivity contribution in [3.63, 3.8) is 0 Å². The van der Waals surface area contributed by atoms with Crippen LogP contribution in [0.4, 0.5) is 0 Å². The van der Waals surface area contributed by atoms with Gasteiger partial charge in [0, 0.05) is 31.0 Å². The van der Waals surface area contributed by atoms with Gasteiger partial charge in [0.25, 0.3) is 0 Å². The monoisotopic (exact) mass is 418 g/mol. The first kappa shape index (κ1) is 17.9. The summed E-state index contributed by atoms with van der Waals surface area (Å²) in [6.45, 7) is 0. The van der Waals surface area contributed by atoms with Crippen molar-refractivity contribution in [2.45, 2.75) is 19.5 Å². The summed E-state index contributed by atoms with van der Waals surface area (Å²) in [5, 5.41) is 1.15. The molecule has 0 aliphatic rings. The fraction of sp³-hybridized carbons (Fsp3) is 0.143. The Morgan fingerprint density at radius 3 is 1.38 bits per heavy atom. The molecule has 0 unspecified atom stereocenters. The van der Waals surface area contributed by atoms with Crippen LogP contribution in [0.25, 0.3) is 0 Å². The zero-order valence-corrected chi connectivity index (χ0v) is 15.6. The highest BCUT2D eigenvalue weighted by Gasteiger charge is 2.16. The smallest absolute Gasteiger partial charge is 0.100 e. The van der Waals surface area contributed by atoms with E-state index in [4.69, 9.17) is 69.6 Å². The van der Waals surface area contributed by atoms with Crippen molar-refractivity contribution in [1.29, 1.82) is 0 Å². The van der Waals surface area contributed by atoms with Gasteiger partial charge in [-0.1, -0.05) is 35.0 Å². The van der Waals surface area contributed by atoms with Crippen molar-refractivity contribution in [3.05, 3.63) is 57.6 Å². The predicted molar refractivity (Wildman–Crippen MR) is 95.9 cm³/mol. The molecule has 0 heterocycles. The van der Waals surface area contributed by atoms with E-state index in [0.717, 1.165) is 20.9 Å². The average Bonchev–Trinajstić information content (AvgIpc) is 2.42. The Morgan fingerprint density at radius 1 is 0.667 bits per heavy atom. The molecule has 2 aromatic rings. The number of rotatable bonds is 4. The lowest BCUT2D eigenvalue weighted by Gasteiger charge is -2.14. The second-order valence-electron chi connectivity index (χ2n) is 4.07. The molecule has 0 spiro atoms. The lowest BCUT2D eigenvalue weighted by Crippen LogP contribution is -1.90. The lowest BCUT2D eigenvalue weighted by molar-refractivity contribution is 1.19. The Balaban J connectivity index is 2.43. The van der Waals surface area contributed by atoms with Crippen LogP contribution in [0.15, 0.2) is 46.2 Å². The quantitative estimate of drug-likeness (QED) is 0.450. The third kappa shape index (κ3) is 4.75. The Hall–Kier alpha value is 0.530. The van der Waals surface area contributed by atoms with Gasteiger partial charge in [0.1, 0.15) is 9.67 Å². The van der Waals surface area contributed by atoms with Gasteiger partial charge in [-0.15, -0.1) is 46.4 Å². The normalized spacial score (nSPS) is 11.4. The molecule has 0 saturated heterocycles. The van der Waals surface area contributed by atoms with Gasteiger partial charge in [0.15, 0.2) is 0 Å². The van der Waals surface area contributed by atoms with Crippen LogP contribution in [0.5, 0.6) is 0 Å². The molecule has 0 aliphatic heterocycles. The summed E-state index contributed by atoms with van der Waals surface area (Å²) in [5.74, 6) is 0. The minimum atomic E-state index is -0.676. The summed E-state index contributed by atoms with van der Waals surface area (Å²) >= 11 is 37.4. The first-order chi connectivity index (χ1) is 9.88. The molecule has 0 amide bonds. The van der Waals surface area contributed by atoms with E-state index in [-0.39, 0.29) is 0 Å². The molecular formula is C14H8Cl6S. The molecule has 0 saturated carbocycles. The topological polar surface area (TPSA) is 0 Å². The van der Waals surface area contributed by atoms with Crippen LogP contribution in [-0.4, -0.2) is 0 Å². The number of hydrogen-bond acceptors (Lipinski definition) is 1. The molecule has 0 fully saturated rings. The SMILES string of the molecule is Clc1ccc(Sc2ccc(Cl)cc2C(Cl)Cl)c(C(Cl)Cl)c1.